The number of sulfone groups is 1. The van der Waals surface area contributed by atoms with Crippen molar-refractivity contribution in [3.8, 4) is 0 Å². The number of rotatable bonds is 6. The Kier molecular flexibility index (Phi) is 4.93. The van der Waals surface area contributed by atoms with E-state index in [1.807, 2.05) is 0 Å². The molecule has 8 heteroatoms. The van der Waals surface area contributed by atoms with Crippen molar-refractivity contribution in [2.45, 2.75) is 26.4 Å². The molecule has 0 amide bonds. The highest BCUT2D eigenvalue weighted by Gasteiger charge is 2.29. The zero-order valence-electron chi connectivity index (χ0n) is 9.97. The minimum Gasteiger partial charge on any atom is -0.389 e. The van der Waals surface area contributed by atoms with Crippen LogP contribution in [0.15, 0.2) is 0 Å². The van der Waals surface area contributed by atoms with Crippen LogP contribution in [-0.4, -0.2) is 56.3 Å². The van der Waals surface area contributed by atoms with Gasteiger partial charge < -0.3 is 5.11 Å². The number of hydrogen-bond donors (Lipinski definition) is 1. The molecule has 0 fully saturated rings. The van der Waals surface area contributed by atoms with Crippen molar-refractivity contribution >= 4 is 19.9 Å². The Morgan fingerprint density at radius 3 is 1.88 bits per heavy atom. The molecule has 0 aromatic rings. The third-order valence-electron chi connectivity index (χ3n) is 1.67. The molecular formula is C8H19NO5S2. The van der Waals surface area contributed by atoms with Gasteiger partial charge in [0.15, 0.2) is 14.9 Å². The van der Waals surface area contributed by atoms with Crippen molar-refractivity contribution in [1.82, 2.24) is 4.31 Å². The summed E-state index contributed by atoms with van der Waals surface area (Å²) < 4.78 is 46.3. The highest BCUT2D eigenvalue weighted by atomic mass is 32.3. The summed E-state index contributed by atoms with van der Waals surface area (Å²) in [7, 11) is -7.48. The first-order chi connectivity index (χ1) is 6.87. The van der Waals surface area contributed by atoms with Crippen molar-refractivity contribution in [3.63, 3.8) is 0 Å². The molecule has 0 spiro atoms. The van der Waals surface area contributed by atoms with Crippen LogP contribution in [0.25, 0.3) is 0 Å². The Morgan fingerprint density at radius 2 is 1.62 bits per heavy atom. The molecule has 0 aromatic heterocycles. The summed E-state index contributed by atoms with van der Waals surface area (Å²) in [4.78, 5) is 0. The minimum atomic E-state index is -3.88. The average molecular weight is 273 g/mol. The van der Waals surface area contributed by atoms with Crippen LogP contribution in [0, 0.1) is 0 Å². The number of sulfonamides is 1. The van der Waals surface area contributed by atoms with Crippen molar-refractivity contribution < 1.29 is 21.9 Å². The van der Waals surface area contributed by atoms with E-state index in [0.717, 1.165) is 10.6 Å². The van der Waals surface area contributed by atoms with E-state index in [4.69, 9.17) is 0 Å². The topological polar surface area (TPSA) is 91.8 Å². The molecule has 0 radical (unpaired) electrons. The molecule has 0 aliphatic rings. The van der Waals surface area contributed by atoms with E-state index in [9.17, 15) is 21.9 Å². The molecule has 0 aromatic carbocycles. The van der Waals surface area contributed by atoms with E-state index in [2.05, 4.69) is 0 Å². The van der Waals surface area contributed by atoms with Crippen LogP contribution in [0.1, 0.15) is 20.8 Å². The lowest BCUT2D eigenvalue weighted by Gasteiger charge is -2.27. The molecule has 98 valence electrons. The molecule has 0 aliphatic heterocycles. The third kappa shape index (κ3) is 6.41. The maximum absolute atomic E-state index is 11.7. The van der Waals surface area contributed by atoms with Gasteiger partial charge in [-0.25, -0.2) is 16.8 Å². The minimum absolute atomic E-state index is 0.124. The zero-order chi connectivity index (χ0) is 13.2. The summed E-state index contributed by atoms with van der Waals surface area (Å²) in [5.74, 6) is 0. The Morgan fingerprint density at radius 1 is 1.19 bits per heavy atom. The molecule has 0 heterocycles. The first-order valence-electron chi connectivity index (χ1n) is 4.75. The quantitative estimate of drug-likeness (QED) is 0.698. The zero-order valence-corrected chi connectivity index (χ0v) is 11.6. The molecule has 0 saturated heterocycles. The maximum atomic E-state index is 11.7. The molecule has 0 bridgehead atoms. The van der Waals surface area contributed by atoms with Crippen molar-refractivity contribution in [3.05, 3.63) is 0 Å². The van der Waals surface area contributed by atoms with E-state index in [-0.39, 0.29) is 13.1 Å². The van der Waals surface area contributed by atoms with Crippen LogP contribution in [-0.2, 0) is 19.9 Å². The number of nitrogens with zero attached hydrogens (tertiary/aromatic N) is 1. The van der Waals surface area contributed by atoms with Gasteiger partial charge in [0.05, 0.1) is 5.60 Å². The molecule has 16 heavy (non-hydrogen) atoms. The second kappa shape index (κ2) is 4.99. The predicted octanol–water partition coefficient (Wildman–Crippen LogP) is -0.589. The third-order valence-corrected chi connectivity index (χ3v) is 5.75. The molecule has 0 unspecified atom stereocenters. The highest BCUT2D eigenvalue weighted by Crippen LogP contribution is 2.11. The van der Waals surface area contributed by atoms with Crippen LogP contribution in [0.2, 0.25) is 0 Å². The first-order valence-corrected chi connectivity index (χ1v) is 8.42. The largest absolute Gasteiger partial charge is 0.389 e. The summed E-state index contributed by atoms with van der Waals surface area (Å²) in [6.45, 7) is 4.52. The Balaban J connectivity index is 4.97. The van der Waals surface area contributed by atoms with Crippen LogP contribution >= 0.6 is 0 Å². The summed E-state index contributed by atoms with van der Waals surface area (Å²) in [6.07, 6.45) is 0.864. The summed E-state index contributed by atoms with van der Waals surface area (Å²) in [5, 5.41) is 8.60. The van der Waals surface area contributed by atoms with Gasteiger partial charge in [-0.1, -0.05) is 6.92 Å². The second-order valence-corrected chi connectivity index (χ2v) is 8.87. The van der Waals surface area contributed by atoms with E-state index in [1.54, 1.807) is 6.92 Å². The van der Waals surface area contributed by atoms with Crippen LogP contribution < -0.4 is 0 Å². The Bertz CT molecular complexity index is 418. The van der Waals surface area contributed by atoms with Gasteiger partial charge in [0.25, 0.3) is 0 Å². The lowest BCUT2D eigenvalue weighted by molar-refractivity contribution is 0.0602. The van der Waals surface area contributed by atoms with E-state index < -0.39 is 30.5 Å². The van der Waals surface area contributed by atoms with E-state index >= 15 is 0 Å². The molecule has 0 saturated carbocycles. The fourth-order valence-electron chi connectivity index (χ4n) is 1.18. The van der Waals surface area contributed by atoms with Gasteiger partial charge in [-0.15, -0.1) is 0 Å². The van der Waals surface area contributed by atoms with Gasteiger partial charge in [-0.05, 0) is 13.8 Å². The normalized spacial score (nSPS) is 14.4. The summed E-state index contributed by atoms with van der Waals surface area (Å²) in [5.41, 5.74) is -1.19. The highest BCUT2D eigenvalue weighted by molar-refractivity contribution is 8.06. The average Bonchev–Trinajstić information content (AvgIpc) is 1.93. The number of likely N-dealkylation sites (N-methyl/N-ethyl adjacent to an activating group) is 1. The maximum Gasteiger partial charge on any atom is 0.228 e. The summed E-state index contributed by atoms with van der Waals surface area (Å²) in [6, 6.07) is 0. The number of aliphatic hydroxyl groups is 1. The first kappa shape index (κ1) is 15.8. The van der Waals surface area contributed by atoms with Gasteiger partial charge in [-0.3, -0.25) is 0 Å². The van der Waals surface area contributed by atoms with Crippen LogP contribution in [0.5, 0.6) is 0 Å². The smallest absolute Gasteiger partial charge is 0.228 e. The summed E-state index contributed by atoms with van der Waals surface area (Å²) >= 11 is 0. The fourth-order valence-corrected chi connectivity index (χ4v) is 4.85. The lowest BCUT2D eigenvalue weighted by atomic mass is 10.1. The van der Waals surface area contributed by atoms with Crippen molar-refractivity contribution in [1.29, 1.82) is 0 Å². The van der Waals surface area contributed by atoms with Crippen molar-refractivity contribution in [2.75, 3.05) is 24.4 Å². The van der Waals surface area contributed by atoms with Gasteiger partial charge in [-0.2, -0.15) is 4.31 Å². The van der Waals surface area contributed by atoms with E-state index in [0.29, 0.717) is 0 Å². The molecule has 6 nitrogen and oxygen atoms in total. The fraction of sp³-hybridized carbons (Fsp3) is 1.00. The van der Waals surface area contributed by atoms with Gasteiger partial charge in [0.1, 0.15) is 0 Å². The van der Waals surface area contributed by atoms with Crippen LogP contribution in [0.3, 0.4) is 0 Å². The molecule has 0 rings (SSSR count). The van der Waals surface area contributed by atoms with Crippen molar-refractivity contribution in [2.24, 2.45) is 0 Å². The predicted molar refractivity (Wildman–Crippen MR) is 62.2 cm³/mol. The van der Waals surface area contributed by atoms with Crippen LogP contribution in [0.4, 0.5) is 0 Å². The SMILES string of the molecule is CCN(CC(C)(C)O)S(=O)(=O)CS(C)(=O)=O. The molecule has 0 atom stereocenters. The standard InChI is InChI=1S/C8H19NO5S2/c1-5-9(6-8(2,3)10)16(13,14)7-15(4,11)12/h10H,5-7H2,1-4H3. The molecular weight excluding hydrogens is 254 g/mol. The van der Waals surface area contributed by atoms with Gasteiger partial charge in [0, 0.05) is 19.3 Å². The number of hydrogen-bond acceptors (Lipinski definition) is 5. The Hall–Kier alpha value is -0.180. The molecule has 0 aliphatic carbocycles. The Labute approximate surface area is 97.2 Å². The molecule has 1 N–H and O–H groups in total. The second-order valence-electron chi connectivity index (χ2n) is 4.39. The monoisotopic (exact) mass is 273 g/mol. The lowest BCUT2D eigenvalue weighted by Crippen LogP contribution is -2.43. The van der Waals surface area contributed by atoms with Gasteiger partial charge >= 0.3 is 0 Å². The van der Waals surface area contributed by atoms with Gasteiger partial charge in [0.2, 0.25) is 10.0 Å². The van der Waals surface area contributed by atoms with E-state index in [1.165, 1.54) is 13.8 Å².